The van der Waals surface area contributed by atoms with Crippen molar-refractivity contribution in [1.82, 2.24) is 4.90 Å². The smallest absolute Gasteiger partial charge is 0.303 e. The second-order valence-corrected chi connectivity index (χ2v) is 4.84. The average molecular weight is 257 g/mol. The predicted octanol–water partition coefficient (Wildman–Crippen LogP) is 1.66. The lowest BCUT2D eigenvalue weighted by Gasteiger charge is -2.25. The van der Waals surface area contributed by atoms with Gasteiger partial charge in [0.2, 0.25) is 5.91 Å². The maximum Gasteiger partial charge on any atom is 0.303 e. The third kappa shape index (κ3) is 6.00. The van der Waals surface area contributed by atoms with E-state index in [4.69, 9.17) is 9.84 Å². The summed E-state index contributed by atoms with van der Waals surface area (Å²) in [6.07, 6.45) is 5.38. The minimum atomic E-state index is -0.846. The molecule has 1 atom stereocenters. The van der Waals surface area contributed by atoms with Gasteiger partial charge in [0.15, 0.2) is 0 Å². The highest BCUT2D eigenvalue weighted by atomic mass is 16.5. The SMILES string of the molecule is CN(CCC1CCCCO1)C(=O)CCCC(=O)O. The summed E-state index contributed by atoms with van der Waals surface area (Å²) in [6, 6.07) is 0. The van der Waals surface area contributed by atoms with Gasteiger partial charge in [0.25, 0.3) is 0 Å². The third-order valence-electron chi connectivity index (χ3n) is 3.27. The Hall–Kier alpha value is -1.10. The highest BCUT2D eigenvalue weighted by Gasteiger charge is 2.16. The maximum atomic E-state index is 11.7. The molecule has 0 aromatic rings. The van der Waals surface area contributed by atoms with Crippen LogP contribution in [0.2, 0.25) is 0 Å². The summed E-state index contributed by atoms with van der Waals surface area (Å²) < 4.78 is 5.61. The molecule has 1 aliphatic heterocycles. The van der Waals surface area contributed by atoms with Gasteiger partial charge in [0.1, 0.15) is 0 Å². The fourth-order valence-electron chi connectivity index (χ4n) is 2.08. The molecule has 5 nitrogen and oxygen atoms in total. The summed E-state index contributed by atoms with van der Waals surface area (Å²) in [6.45, 7) is 1.53. The standard InChI is InChI=1S/C13H23NO4/c1-14(12(15)6-4-7-13(16)17)9-8-11-5-2-3-10-18-11/h11H,2-10H2,1H3,(H,16,17). The van der Waals surface area contributed by atoms with Crippen LogP contribution in [0, 0.1) is 0 Å². The molecule has 1 aliphatic rings. The van der Waals surface area contributed by atoms with Crippen LogP contribution < -0.4 is 0 Å². The van der Waals surface area contributed by atoms with Crippen LogP contribution in [-0.4, -0.2) is 48.2 Å². The monoisotopic (exact) mass is 257 g/mol. The number of hydrogen-bond donors (Lipinski definition) is 1. The van der Waals surface area contributed by atoms with E-state index < -0.39 is 5.97 Å². The van der Waals surface area contributed by atoms with Gasteiger partial charge in [-0.05, 0) is 32.1 Å². The summed E-state index contributed by atoms with van der Waals surface area (Å²) in [5.74, 6) is -0.826. The Morgan fingerprint density at radius 1 is 1.33 bits per heavy atom. The minimum Gasteiger partial charge on any atom is -0.481 e. The number of carboxylic acids is 1. The molecule has 18 heavy (non-hydrogen) atoms. The number of carbonyl (C=O) groups is 2. The van der Waals surface area contributed by atoms with Gasteiger partial charge in [0.05, 0.1) is 6.10 Å². The summed E-state index contributed by atoms with van der Waals surface area (Å²) in [5, 5.41) is 8.50. The molecular formula is C13H23NO4. The Morgan fingerprint density at radius 2 is 2.11 bits per heavy atom. The molecule has 1 saturated heterocycles. The van der Waals surface area contributed by atoms with Crippen molar-refractivity contribution in [2.24, 2.45) is 0 Å². The van der Waals surface area contributed by atoms with E-state index in [0.29, 0.717) is 19.4 Å². The van der Waals surface area contributed by atoms with Crippen LogP contribution in [0.25, 0.3) is 0 Å². The van der Waals surface area contributed by atoms with Gasteiger partial charge >= 0.3 is 5.97 Å². The molecule has 104 valence electrons. The Morgan fingerprint density at radius 3 is 2.72 bits per heavy atom. The largest absolute Gasteiger partial charge is 0.481 e. The van der Waals surface area contributed by atoms with E-state index in [1.54, 1.807) is 11.9 Å². The number of amides is 1. The molecule has 1 amide bonds. The number of nitrogens with zero attached hydrogens (tertiary/aromatic N) is 1. The number of aliphatic carboxylic acids is 1. The third-order valence-corrected chi connectivity index (χ3v) is 3.27. The fraction of sp³-hybridized carbons (Fsp3) is 0.846. The van der Waals surface area contributed by atoms with Crippen molar-refractivity contribution in [1.29, 1.82) is 0 Å². The molecule has 0 spiro atoms. The lowest BCUT2D eigenvalue weighted by atomic mass is 10.1. The van der Waals surface area contributed by atoms with Crippen molar-refractivity contribution in [3.8, 4) is 0 Å². The van der Waals surface area contributed by atoms with Gasteiger partial charge in [0, 0.05) is 33.0 Å². The highest BCUT2D eigenvalue weighted by molar-refractivity contribution is 5.76. The first-order valence-corrected chi connectivity index (χ1v) is 6.67. The van der Waals surface area contributed by atoms with E-state index in [2.05, 4.69) is 0 Å². The quantitative estimate of drug-likeness (QED) is 0.753. The summed E-state index contributed by atoms with van der Waals surface area (Å²) >= 11 is 0. The molecule has 0 aliphatic carbocycles. The molecule has 5 heteroatoms. The average Bonchev–Trinajstić information content (AvgIpc) is 2.36. The van der Waals surface area contributed by atoms with Crippen molar-refractivity contribution in [2.45, 2.75) is 51.0 Å². The topological polar surface area (TPSA) is 66.8 Å². The van der Waals surface area contributed by atoms with Crippen molar-refractivity contribution in [3.05, 3.63) is 0 Å². The molecule has 0 aromatic heterocycles. The van der Waals surface area contributed by atoms with E-state index >= 15 is 0 Å². The lowest BCUT2D eigenvalue weighted by molar-refractivity contribution is -0.137. The summed E-state index contributed by atoms with van der Waals surface area (Å²) in [7, 11) is 1.77. The van der Waals surface area contributed by atoms with Crippen LogP contribution in [0.1, 0.15) is 44.9 Å². The first-order chi connectivity index (χ1) is 8.59. The molecule has 1 rings (SSSR count). The van der Waals surface area contributed by atoms with Crippen LogP contribution in [0.5, 0.6) is 0 Å². The summed E-state index contributed by atoms with van der Waals surface area (Å²) in [4.78, 5) is 23.7. The van der Waals surface area contributed by atoms with E-state index in [9.17, 15) is 9.59 Å². The number of carboxylic acid groups (broad SMARTS) is 1. The Labute approximate surface area is 108 Å². The molecule has 1 fully saturated rings. The molecule has 0 saturated carbocycles. The number of rotatable bonds is 7. The molecular weight excluding hydrogens is 234 g/mol. The first kappa shape index (κ1) is 15.0. The number of carbonyl (C=O) groups excluding carboxylic acids is 1. The normalized spacial score (nSPS) is 19.5. The zero-order valence-electron chi connectivity index (χ0n) is 11.1. The maximum absolute atomic E-state index is 11.7. The van der Waals surface area contributed by atoms with Gasteiger partial charge in [-0.3, -0.25) is 9.59 Å². The first-order valence-electron chi connectivity index (χ1n) is 6.67. The highest BCUT2D eigenvalue weighted by Crippen LogP contribution is 2.15. The van der Waals surface area contributed by atoms with E-state index in [1.807, 2.05) is 0 Å². The predicted molar refractivity (Wildman–Crippen MR) is 67.3 cm³/mol. The van der Waals surface area contributed by atoms with Gasteiger partial charge in [-0.15, -0.1) is 0 Å². The second-order valence-electron chi connectivity index (χ2n) is 4.84. The van der Waals surface area contributed by atoms with Crippen molar-refractivity contribution < 1.29 is 19.4 Å². The van der Waals surface area contributed by atoms with Gasteiger partial charge < -0.3 is 14.7 Å². The van der Waals surface area contributed by atoms with Crippen LogP contribution in [0.15, 0.2) is 0 Å². The van der Waals surface area contributed by atoms with Gasteiger partial charge in [-0.2, -0.15) is 0 Å². The zero-order chi connectivity index (χ0) is 13.4. The van der Waals surface area contributed by atoms with Crippen LogP contribution in [0.3, 0.4) is 0 Å². The molecule has 1 unspecified atom stereocenters. The van der Waals surface area contributed by atoms with E-state index in [-0.39, 0.29) is 18.4 Å². The molecule has 1 N–H and O–H groups in total. The fourth-order valence-corrected chi connectivity index (χ4v) is 2.08. The van der Waals surface area contributed by atoms with Gasteiger partial charge in [-0.25, -0.2) is 0 Å². The van der Waals surface area contributed by atoms with Crippen LogP contribution in [0.4, 0.5) is 0 Å². The second kappa shape index (κ2) is 8.08. The molecule has 0 radical (unpaired) electrons. The summed E-state index contributed by atoms with van der Waals surface area (Å²) in [5.41, 5.74) is 0. The molecule has 0 aromatic carbocycles. The number of hydrogen-bond acceptors (Lipinski definition) is 3. The number of ether oxygens (including phenoxy) is 1. The molecule has 0 bridgehead atoms. The Bertz CT molecular complexity index is 274. The Kier molecular flexibility index (Phi) is 6.72. The van der Waals surface area contributed by atoms with Crippen molar-refractivity contribution in [3.63, 3.8) is 0 Å². The van der Waals surface area contributed by atoms with Crippen molar-refractivity contribution >= 4 is 11.9 Å². The Balaban J connectivity index is 2.12. The van der Waals surface area contributed by atoms with Gasteiger partial charge in [-0.1, -0.05) is 0 Å². The zero-order valence-corrected chi connectivity index (χ0v) is 11.1. The van der Waals surface area contributed by atoms with Crippen LogP contribution >= 0.6 is 0 Å². The van der Waals surface area contributed by atoms with E-state index in [1.165, 1.54) is 6.42 Å². The van der Waals surface area contributed by atoms with Crippen molar-refractivity contribution in [2.75, 3.05) is 20.2 Å². The minimum absolute atomic E-state index is 0.0204. The molecule has 1 heterocycles. The lowest BCUT2D eigenvalue weighted by Crippen LogP contribution is -2.31. The van der Waals surface area contributed by atoms with E-state index in [0.717, 1.165) is 25.9 Å². The van der Waals surface area contributed by atoms with Crippen LogP contribution in [-0.2, 0) is 14.3 Å².